The lowest BCUT2D eigenvalue weighted by Gasteiger charge is -2.09. The van der Waals surface area contributed by atoms with Crippen LogP contribution < -0.4 is 4.74 Å². The highest BCUT2D eigenvalue weighted by molar-refractivity contribution is 9.10. The highest BCUT2D eigenvalue weighted by atomic mass is 79.9. The number of rotatable bonds is 4. The number of hydrogen-bond acceptors (Lipinski definition) is 3. The van der Waals surface area contributed by atoms with Crippen LogP contribution in [0.25, 0.3) is 10.8 Å². The fourth-order valence-corrected chi connectivity index (χ4v) is 2.58. The number of ether oxygens (including phenoxy) is 1. The fourth-order valence-electron chi connectivity index (χ4n) is 1.98. The Morgan fingerprint density at radius 2 is 1.95 bits per heavy atom. The molecular weight excluding hydrogens is 320 g/mol. The van der Waals surface area contributed by atoms with E-state index in [4.69, 9.17) is 9.15 Å². The lowest BCUT2D eigenvalue weighted by molar-refractivity contribution is 0.0893. The van der Waals surface area contributed by atoms with Gasteiger partial charge in [0, 0.05) is 0 Å². The predicted octanol–water partition coefficient (Wildman–Crippen LogP) is 4.46. The average molecular weight is 331 g/mol. The lowest BCUT2D eigenvalue weighted by Crippen LogP contribution is -2.10. The lowest BCUT2D eigenvalue weighted by atomic mass is 10.1. The number of ketones is 1. The molecule has 0 spiro atoms. The Balaban J connectivity index is 1.81. The van der Waals surface area contributed by atoms with Gasteiger partial charge in [0.2, 0.25) is 5.78 Å². The van der Waals surface area contributed by atoms with Crippen molar-refractivity contribution in [2.45, 2.75) is 0 Å². The van der Waals surface area contributed by atoms with Crippen LogP contribution in [0.1, 0.15) is 10.6 Å². The Kier molecular flexibility index (Phi) is 3.56. The molecule has 3 rings (SSSR count). The normalized spacial score (nSPS) is 10.7. The zero-order chi connectivity index (χ0) is 13.9. The van der Waals surface area contributed by atoms with E-state index in [0.29, 0.717) is 11.5 Å². The Bertz CT molecular complexity index is 748. The molecule has 0 aliphatic rings. The maximum absolute atomic E-state index is 11.8. The molecule has 0 saturated carbocycles. The highest BCUT2D eigenvalue weighted by Crippen LogP contribution is 2.33. The molecular formula is C16H11BrO3. The van der Waals surface area contributed by atoms with Crippen molar-refractivity contribution in [3.63, 3.8) is 0 Å². The Hall–Kier alpha value is -2.07. The molecule has 100 valence electrons. The highest BCUT2D eigenvalue weighted by Gasteiger charge is 2.11. The molecule has 0 atom stereocenters. The van der Waals surface area contributed by atoms with Crippen LogP contribution in [0.3, 0.4) is 0 Å². The third-order valence-electron chi connectivity index (χ3n) is 2.98. The number of hydrogen-bond donors (Lipinski definition) is 0. The van der Waals surface area contributed by atoms with Crippen LogP contribution in [0.4, 0.5) is 0 Å². The van der Waals surface area contributed by atoms with Crippen LogP contribution in [0.2, 0.25) is 0 Å². The maximum Gasteiger partial charge on any atom is 0.235 e. The summed E-state index contributed by atoms with van der Waals surface area (Å²) in [5.74, 6) is 0.764. The van der Waals surface area contributed by atoms with Crippen LogP contribution in [0, 0.1) is 0 Å². The van der Waals surface area contributed by atoms with Gasteiger partial charge in [-0.15, -0.1) is 0 Å². The topological polar surface area (TPSA) is 39.4 Å². The number of carbonyl (C=O) groups is 1. The molecule has 0 radical (unpaired) electrons. The number of Topliss-reactive ketones (excluding diaryl/α,β-unsaturated/α-hetero) is 1. The molecule has 0 saturated heterocycles. The number of benzene rings is 2. The summed E-state index contributed by atoms with van der Waals surface area (Å²) in [6.45, 7) is -0.0511. The van der Waals surface area contributed by atoms with Gasteiger partial charge in [-0.05, 0) is 44.9 Å². The van der Waals surface area contributed by atoms with Crippen molar-refractivity contribution < 1.29 is 13.9 Å². The van der Waals surface area contributed by atoms with Gasteiger partial charge < -0.3 is 9.15 Å². The minimum Gasteiger partial charge on any atom is -0.484 e. The minimum atomic E-state index is -0.185. The predicted molar refractivity (Wildman–Crippen MR) is 80.2 cm³/mol. The van der Waals surface area contributed by atoms with Crippen LogP contribution in [-0.2, 0) is 0 Å². The van der Waals surface area contributed by atoms with Gasteiger partial charge >= 0.3 is 0 Å². The van der Waals surface area contributed by atoms with Crippen molar-refractivity contribution in [1.82, 2.24) is 0 Å². The van der Waals surface area contributed by atoms with Gasteiger partial charge in [-0.25, -0.2) is 0 Å². The van der Waals surface area contributed by atoms with Gasteiger partial charge in [0.25, 0.3) is 0 Å². The van der Waals surface area contributed by atoms with Crippen molar-refractivity contribution in [2.24, 2.45) is 0 Å². The molecule has 1 aromatic heterocycles. The van der Waals surface area contributed by atoms with E-state index in [1.165, 1.54) is 6.26 Å². The first-order valence-corrected chi connectivity index (χ1v) is 6.92. The van der Waals surface area contributed by atoms with E-state index in [-0.39, 0.29) is 12.4 Å². The minimum absolute atomic E-state index is 0.0511. The van der Waals surface area contributed by atoms with E-state index in [9.17, 15) is 4.79 Å². The zero-order valence-electron chi connectivity index (χ0n) is 10.5. The van der Waals surface area contributed by atoms with Gasteiger partial charge in [0.05, 0.1) is 10.7 Å². The molecule has 0 fully saturated rings. The van der Waals surface area contributed by atoms with E-state index >= 15 is 0 Å². The van der Waals surface area contributed by atoms with Crippen LogP contribution >= 0.6 is 15.9 Å². The second kappa shape index (κ2) is 5.51. The van der Waals surface area contributed by atoms with Crippen LogP contribution in [0.5, 0.6) is 5.75 Å². The van der Waals surface area contributed by atoms with Gasteiger partial charge in [-0.1, -0.05) is 30.3 Å². The Morgan fingerprint density at radius 1 is 1.10 bits per heavy atom. The molecule has 1 heterocycles. The summed E-state index contributed by atoms with van der Waals surface area (Å²) in [6.07, 6.45) is 1.47. The summed E-state index contributed by atoms with van der Waals surface area (Å²) in [6, 6.07) is 15.1. The summed E-state index contributed by atoms with van der Waals surface area (Å²) >= 11 is 3.52. The quantitative estimate of drug-likeness (QED) is 0.663. The van der Waals surface area contributed by atoms with Crippen LogP contribution in [0.15, 0.2) is 63.7 Å². The Morgan fingerprint density at radius 3 is 2.75 bits per heavy atom. The van der Waals surface area contributed by atoms with E-state index < -0.39 is 0 Å². The van der Waals surface area contributed by atoms with Crippen LogP contribution in [-0.4, -0.2) is 12.4 Å². The summed E-state index contributed by atoms with van der Waals surface area (Å²) in [5.41, 5.74) is 0. The first kappa shape index (κ1) is 12.9. The molecule has 20 heavy (non-hydrogen) atoms. The molecule has 4 heteroatoms. The molecule has 0 bridgehead atoms. The number of fused-ring (bicyclic) bond motifs is 1. The van der Waals surface area contributed by atoms with E-state index in [1.807, 2.05) is 36.4 Å². The second-order valence-corrected chi connectivity index (χ2v) is 5.08. The molecule has 0 aliphatic heterocycles. The molecule has 2 aromatic carbocycles. The molecule has 0 aliphatic carbocycles. The van der Waals surface area contributed by atoms with E-state index in [2.05, 4.69) is 15.9 Å². The molecule has 3 aromatic rings. The maximum atomic E-state index is 11.8. The number of halogens is 1. The van der Waals surface area contributed by atoms with E-state index in [0.717, 1.165) is 15.2 Å². The Labute approximate surface area is 124 Å². The summed E-state index contributed by atoms with van der Waals surface area (Å²) in [7, 11) is 0. The van der Waals surface area contributed by atoms with Gasteiger partial charge in [-0.3, -0.25) is 4.79 Å². The second-order valence-electron chi connectivity index (χ2n) is 4.29. The van der Waals surface area contributed by atoms with Crippen molar-refractivity contribution in [2.75, 3.05) is 6.61 Å². The third-order valence-corrected chi connectivity index (χ3v) is 3.80. The van der Waals surface area contributed by atoms with Gasteiger partial charge in [-0.2, -0.15) is 0 Å². The zero-order valence-corrected chi connectivity index (χ0v) is 12.1. The largest absolute Gasteiger partial charge is 0.484 e. The fraction of sp³-hybridized carbons (Fsp3) is 0.0625. The van der Waals surface area contributed by atoms with Gasteiger partial charge in [0.1, 0.15) is 5.75 Å². The number of carbonyl (C=O) groups excluding carboxylic acids is 1. The SMILES string of the molecule is O=C(COc1ccc2ccccc2c1Br)c1ccco1. The van der Waals surface area contributed by atoms with Crippen molar-refractivity contribution in [1.29, 1.82) is 0 Å². The van der Waals surface area contributed by atoms with Crippen molar-refractivity contribution >= 4 is 32.5 Å². The molecule has 0 unspecified atom stereocenters. The third kappa shape index (κ3) is 2.47. The monoisotopic (exact) mass is 330 g/mol. The number of furan rings is 1. The average Bonchev–Trinajstić information content (AvgIpc) is 3.01. The summed E-state index contributed by atoms with van der Waals surface area (Å²) in [4.78, 5) is 11.8. The smallest absolute Gasteiger partial charge is 0.235 e. The first-order chi connectivity index (χ1) is 9.75. The standard InChI is InChI=1S/C16H11BrO3/c17-16-12-5-2-1-4-11(12)7-8-15(16)20-10-13(18)14-6-3-9-19-14/h1-9H,10H2. The first-order valence-electron chi connectivity index (χ1n) is 6.12. The van der Waals surface area contributed by atoms with Gasteiger partial charge in [0.15, 0.2) is 12.4 Å². The molecule has 0 N–H and O–H groups in total. The van der Waals surface area contributed by atoms with E-state index in [1.54, 1.807) is 12.1 Å². The molecule has 3 nitrogen and oxygen atoms in total. The summed E-state index contributed by atoms with van der Waals surface area (Å²) in [5, 5.41) is 2.17. The summed E-state index contributed by atoms with van der Waals surface area (Å²) < 4.78 is 11.5. The molecule has 0 amide bonds. The van der Waals surface area contributed by atoms with Crippen molar-refractivity contribution in [3.05, 3.63) is 65.0 Å². The van der Waals surface area contributed by atoms with Crippen molar-refractivity contribution in [3.8, 4) is 5.75 Å².